The van der Waals surface area contributed by atoms with Gasteiger partial charge in [-0.15, -0.1) is 0 Å². The largest absolute Gasteiger partial charge is 0.378 e. The van der Waals surface area contributed by atoms with Crippen LogP contribution < -0.4 is 9.92 Å². The Hall–Kier alpha value is -3.13. The van der Waals surface area contributed by atoms with Crippen LogP contribution in [0.25, 0.3) is 5.69 Å². The normalized spacial score (nSPS) is 11.2. The molecule has 0 unspecified atom stereocenters. The van der Waals surface area contributed by atoms with Crippen molar-refractivity contribution in [2.24, 2.45) is 5.73 Å². The van der Waals surface area contributed by atoms with Crippen molar-refractivity contribution in [2.75, 3.05) is 0 Å². The highest BCUT2D eigenvalue weighted by atomic mass is 32.2. The third kappa shape index (κ3) is 3.53. The van der Waals surface area contributed by atoms with Crippen LogP contribution in [0.1, 0.15) is 15.9 Å². The first-order valence-corrected chi connectivity index (χ1v) is 8.73. The molecule has 1 heterocycles. The van der Waals surface area contributed by atoms with Crippen LogP contribution in [0.2, 0.25) is 0 Å². The number of primary amides is 1. The monoisotopic (exact) mass is 357 g/mol. The van der Waals surface area contributed by atoms with Crippen molar-refractivity contribution in [3.05, 3.63) is 72.1 Å². The number of para-hydroxylation sites is 1. The van der Waals surface area contributed by atoms with Gasteiger partial charge in [0.25, 0.3) is 5.91 Å². The molecular formula is C17H15N3O4S. The van der Waals surface area contributed by atoms with E-state index < -0.39 is 16.0 Å². The van der Waals surface area contributed by atoms with Crippen LogP contribution in [-0.2, 0) is 10.1 Å². The van der Waals surface area contributed by atoms with Crippen LogP contribution in [-0.4, -0.2) is 24.1 Å². The van der Waals surface area contributed by atoms with Gasteiger partial charge in [-0.1, -0.05) is 29.8 Å². The average molecular weight is 357 g/mol. The van der Waals surface area contributed by atoms with Crippen molar-refractivity contribution in [2.45, 2.75) is 11.8 Å². The van der Waals surface area contributed by atoms with Gasteiger partial charge in [0.2, 0.25) is 0 Å². The molecule has 7 nitrogen and oxygen atoms in total. The number of benzene rings is 2. The van der Waals surface area contributed by atoms with Crippen LogP contribution >= 0.6 is 0 Å². The Balaban J connectivity index is 1.91. The van der Waals surface area contributed by atoms with E-state index in [1.165, 1.54) is 29.2 Å². The lowest BCUT2D eigenvalue weighted by Crippen LogP contribution is -2.16. The van der Waals surface area contributed by atoms with E-state index in [0.717, 1.165) is 5.56 Å². The lowest BCUT2D eigenvalue weighted by Gasteiger charge is -2.08. The quantitative estimate of drug-likeness (QED) is 0.704. The van der Waals surface area contributed by atoms with E-state index in [-0.39, 0.29) is 16.2 Å². The smallest absolute Gasteiger partial charge is 0.342 e. The maximum atomic E-state index is 12.4. The summed E-state index contributed by atoms with van der Waals surface area (Å²) >= 11 is 0. The molecule has 0 aliphatic heterocycles. The number of hydrogen-bond acceptors (Lipinski definition) is 5. The predicted octanol–water partition coefficient (Wildman–Crippen LogP) is 2.05. The fourth-order valence-corrected chi connectivity index (χ4v) is 3.07. The molecule has 0 fully saturated rings. The molecule has 0 aliphatic carbocycles. The zero-order chi connectivity index (χ0) is 18.0. The first-order valence-electron chi connectivity index (χ1n) is 7.32. The highest BCUT2D eigenvalue weighted by molar-refractivity contribution is 7.87. The lowest BCUT2D eigenvalue weighted by molar-refractivity contribution is 0.0999. The van der Waals surface area contributed by atoms with E-state index in [1.54, 1.807) is 12.1 Å². The maximum Gasteiger partial charge on any atom is 0.342 e. The number of aryl methyl sites for hydroxylation is 1. The Morgan fingerprint density at radius 2 is 1.80 bits per heavy atom. The molecule has 2 aromatic carbocycles. The van der Waals surface area contributed by atoms with Crippen molar-refractivity contribution in [1.82, 2.24) is 9.78 Å². The summed E-state index contributed by atoms with van der Waals surface area (Å²) in [5, 5.41) is 4.05. The standard InChI is InChI=1S/C17H15N3O4S/c1-12-6-8-13(9-7-12)20-11-14(10-19-20)25(22,23)24-16-5-3-2-4-15(16)17(18)21/h2-11H,1H3,(H2,18,21). The third-order valence-corrected chi connectivity index (χ3v) is 4.69. The minimum Gasteiger partial charge on any atom is -0.378 e. The first kappa shape index (κ1) is 16.7. The van der Waals surface area contributed by atoms with Crippen molar-refractivity contribution in [1.29, 1.82) is 0 Å². The molecule has 3 rings (SSSR count). The second-order valence-electron chi connectivity index (χ2n) is 5.35. The average Bonchev–Trinajstić information content (AvgIpc) is 3.06. The molecule has 0 saturated heterocycles. The molecule has 3 aromatic rings. The molecule has 128 valence electrons. The van der Waals surface area contributed by atoms with Crippen molar-refractivity contribution in [3.8, 4) is 11.4 Å². The number of amides is 1. The zero-order valence-electron chi connectivity index (χ0n) is 13.3. The lowest BCUT2D eigenvalue weighted by atomic mass is 10.2. The summed E-state index contributed by atoms with van der Waals surface area (Å²) < 4.78 is 31.4. The third-order valence-electron chi connectivity index (χ3n) is 3.50. The summed E-state index contributed by atoms with van der Waals surface area (Å²) in [4.78, 5) is 11.3. The first-order chi connectivity index (χ1) is 11.9. The fraction of sp³-hybridized carbons (Fsp3) is 0.0588. The Kier molecular flexibility index (Phi) is 4.28. The molecule has 0 atom stereocenters. The number of nitrogens with zero attached hydrogens (tertiary/aromatic N) is 2. The summed E-state index contributed by atoms with van der Waals surface area (Å²) in [6, 6.07) is 13.3. The van der Waals surface area contributed by atoms with E-state index in [4.69, 9.17) is 9.92 Å². The second-order valence-corrected chi connectivity index (χ2v) is 6.90. The second kappa shape index (κ2) is 6.40. The SMILES string of the molecule is Cc1ccc(-n2cc(S(=O)(=O)Oc3ccccc3C(N)=O)cn2)cc1. The van der Waals surface area contributed by atoms with Crippen molar-refractivity contribution < 1.29 is 17.4 Å². The van der Waals surface area contributed by atoms with Gasteiger partial charge in [0.15, 0.2) is 5.75 Å². The van der Waals surface area contributed by atoms with Gasteiger partial charge in [-0.3, -0.25) is 4.79 Å². The van der Waals surface area contributed by atoms with E-state index in [0.29, 0.717) is 5.69 Å². The van der Waals surface area contributed by atoms with Gasteiger partial charge in [0, 0.05) is 0 Å². The highest BCUT2D eigenvalue weighted by Gasteiger charge is 2.22. The van der Waals surface area contributed by atoms with E-state index in [2.05, 4.69) is 5.10 Å². The Morgan fingerprint density at radius 3 is 2.48 bits per heavy atom. The molecule has 0 spiro atoms. The fourth-order valence-electron chi connectivity index (χ4n) is 2.18. The van der Waals surface area contributed by atoms with Gasteiger partial charge < -0.3 is 9.92 Å². The van der Waals surface area contributed by atoms with E-state index in [9.17, 15) is 13.2 Å². The van der Waals surface area contributed by atoms with Crippen LogP contribution in [0.3, 0.4) is 0 Å². The van der Waals surface area contributed by atoms with Gasteiger partial charge >= 0.3 is 10.1 Å². The minimum atomic E-state index is -4.16. The summed E-state index contributed by atoms with van der Waals surface area (Å²) in [6.07, 6.45) is 2.52. The molecule has 0 aliphatic rings. The number of rotatable bonds is 5. The van der Waals surface area contributed by atoms with Crippen LogP contribution in [0.4, 0.5) is 0 Å². The Morgan fingerprint density at radius 1 is 1.12 bits per heavy atom. The van der Waals surface area contributed by atoms with Gasteiger partial charge in [-0.25, -0.2) is 4.68 Å². The molecule has 1 amide bonds. The summed E-state index contributed by atoms with van der Waals surface area (Å²) in [5.74, 6) is -0.903. The summed E-state index contributed by atoms with van der Waals surface area (Å²) in [7, 11) is -4.16. The Labute approximate surface area is 144 Å². The van der Waals surface area contributed by atoms with Gasteiger partial charge in [0.05, 0.1) is 23.6 Å². The number of hydrogen-bond donors (Lipinski definition) is 1. The molecule has 0 saturated carbocycles. The van der Waals surface area contributed by atoms with Crippen LogP contribution in [0, 0.1) is 6.92 Å². The summed E-state index contributed by atoms with van der Waals surface area (Å²) in [5.41, 5.74) is 7.01. The molecule has 0 bridgehead atoms. The van der Waals surface area contributed by atoms with E-state index in [1.807, 2.05) is 31.2 Å². The topological polar surface area (TPSA) is 104 Å². The molecular weight excluding hydrogens is 342 g/mol. The van der Waals surface area contributed by atoms with Crippen LogP contribution in [0.15, 0.2) is 65.8 Å². The van der Waals surface area contributed by atoms with E-state index >= 15 is 0 Å². The Bertz CT molecular complexity index is 1020. The molecule has 1 aromatic heterocycles. The van der Waals surface area contributed by atoms with Crippen molar-refractivity contribution in [3.63, 3.8) is 0 Å². The number of carbonyl (C=O) groups excluding carboxylic acids is 1. The number of aromatic nitrogens is 2. The molecule has 25 heavy (non-hydrogen) atoms. The van der Waals surface area contributed by atoms with Gasteiger partial charge in [-0.2, -0.15) is 13.5 Å². The number of carbonyl (C=O) groups is 1. The van der Waals surface area contributed by atoms with Crippen molar-refractivity contribution >= 4 is 16.0 Å². The summed E-state index contributed by atoms with van der Waals surface area (Å²) in [6.45, 7) is 1.95. The molecule has 0 radical (unpaired) electrons. The van der Waals surface area contributed by atoms with Gasteiger partial charge in [-0.05, 0) is 31.2 Å². The maximum absolute atomic E-state index is 12.4. The van der Waals surface area contributed by atoms with Gasteiger partial charge in [0.1, 0.15) is 4.90 Å². The minimum absolute atomic E-state index is 0.0167. The number of nitrogens with two attached hydrogens (primary N) is 1. The predicted molar refractivity (Wildman–Crippen MR) is 91.1 cm³/mol. The zero-order valence-corrected chi connectivity index (χ0v) is 14.1. The molecule has 8 heteroatoms. The van der Waals surface area contributed by atoms with Crippen LogP contribution in [0.5, 0.6) is 5.75 Å². The highest BCUT2D eigenvalue weighted by Crippen LogP contribution is 2.23. The molecule has 2 N–H and O–H groups in total.